The zero-order valence-corrected chi connectivity index (χ0v) is 26.4. The highest BCUT2D eigenvalue weighted by atomic mass is 16.5. The van der Waals surface area contributed by atoms with Crippen molar-refractivity contribution in [1.82, 2.24) is 0 Å². The third-order valence-corrected chi connectivity index (χ3v) is 12.2. The summed E-state index contributed by atoms with van der Waals surface area (Å²) in [6.07, 6.45) is 9.56. The summed E-state index contributed by atoms with van der Waals surface area (Å²) < 4.78 is 11.6. The molecule has 9 atom stereocenters. The van der Waals surface area contributed by atoms with Crippen LogP contribution in [-0.2, 0) is 23.9 Å². The molecular formula is C34H50O7. The second kappa shape index (κ2) is 10.7. The van der Waals surface area contributed by atoms with Gasteiger partial charge in [-0.15, -0.1) is 0 Å². The number of rotatable bonds is 7. The third-order valence-electron chi connectivity index (χ3n) is 12.2. The topological polar surface area (TPSA) is 110 Å². The molecule has 2 N–H and O–H groups in total. The van der Waals surface area contributed by atoms with E-state index in [1.165, 1.54) is 25.0 Å². The highest BCUT2D eigenvalue weighted by Gasteiger charge is 2.67. The van der Waals surface area contributed by atoms with Gasteiger partial charge < -0.3 is 19.7 Å². The van der Waals surface area contributed by atoms with E-state index in [1.807, 2.05) is 0 Å². The van der Waals surface area contributed by atoms with Gasteiger partial charge in [-0.2, -0.15) is 0 Å². The summed E-state index contributed by atoms with van der Waals surface area (Å²) >= 11 is 0. The van der Waals surface area contributed by atoms with Crippen LogP contribution < -0.4 is 0 Å². The second-order valence-corrected chi connectivity index (χ2v) is 14.5. The Kier molecular flexibility index (Phi) is 8.22. The van der Waals surface area contributed by atoms with E-state index in [4.69, 9.17) is 9.47 Å². The first-order chi connectivity index (χ1) is 18.9. The SMILES string of the molecule is CC(=O)OC(C/C=C(\C)C(=O)O)C(C)C1CC(O)C2(C)C3=CCC4C(C)(CCC(OC(C)=O)C4(C)C)C3=CCC12C. The van der Waals surface area contributed by atoms with Gasteiger partial charge in [-0.1, -0.05) is 59.8 Å². The number of carboxylic acids is 1. The Morgan fingerprint density at radius 3 is 2.29 bits per heavy atom. The Morgan fingerprint density at radius 2 is 1.71 bits per heavy atom. The number of esters is 2. The van der Waals surface area contributed by atoms with Crippen LogP contribution in [0, 0.1) is 39.4 Å². The Bertz CT molecular complexity index is 1190. The van der Waals surface area contributed by atoms with E-state index in [0.717, 1.165) is 25.7 Å². The van der Waals surface area contributed by atoms with Crippen LogP contribution in [0.4, 0.5) is 0 Å². The number of hydrogen-bond acceptors (Lipinski definition) is 6. The number of carboxylic acid groups (broad SMARTS) is 1. The van der Waals surface area contributed by atoms with Crippen LogP contribution in [0.15, 0.2) is 34.9 Å². The molecule has 7 heteroatoms. The molecule has 4 rings (SSSR count). The van der Waals surface area contributed by atoms with E-state index in [9.17, 15) is 24.6 Å². The lowest BCUT2D eigenvalue weighted by Gasteiger charge is -2.61. The number of carbonyl (C=O) groups excluding carboxylic acids is 2. The molecule has 7 nitrogen and oxygen atoms in total. The van der Waals surface area contributed by atoms with Crippen LogP contribution in [0.2, 0.25) is 0 Å². The summed E-state index contributed by atoms with van der Waals surface area (Å²) in [6.45, 7) is 17.8. The number of fused-ring (bicyclic) bond motifs is 5. The minimum absolute atomic E-state index is 0.0609. The molecule has 2 fully saturated rings. The van der Waals surface area contributed by atoms with Crippen molar-refractivity contribution in [3.63, 3.8) is 0 Å². The summed E-state index contributed by atoms with van der Waals surface area (Å²) in [5.41, 5.74) is 1.79. The van der Waals surface area contributed by atoms with Crippen molar-refractivity contribution >= 4 is 17.9 Å². The van der Waals surface area contributed by atoms with Gasteiger partial charge in [-0.3, -0.25) is 9.59 Å². The first kappa shape index (κ1) is 31.5. The molecule has 228 valence electrons. The molecule has 0 aromatic rings. The molecule has 4 aliphatic carbocycles. The number of hydrogen-bond donors (Lipinski definition) is 2. The van der Waals surface area contributed by atoms with Crippen LogP contribution in [0.5, 0.6) is 0 Å². The number of aliphatic carboxylic acids is 1. The van der Waals surface area contributed by atoms with Gasteiger partial charge in [0.05, 0.1) is 6.10 Å². The summed E-state index contributed by atoms with van der Waals surface area (Å²) in [5, 5.41) is 21.2. The van der Waals surface area contributed by atoms with E-state index in [0.29, 0.717) is 18.8 Å². The van der Waals surface area contributed by atoms with Crippen LogP contribution in [-0.4, -0.2) is 46.4 Å². The number of carbonyl (C=O) groups is 3. The minimum Gasteiger partial charge on any atom is -0.478 e. The Morgan fingerprint density at radius 1 is 1.05 bits per heavy atom. The molecule has 0 aromatic carbocycles. The van der Waals surface area contributed by atoms with E-state index in [-0.39, 0.29) is 51.7 Å². The molecule has 0 amide bonds. The van der Waals surface area contributed by atoms with Crippen LogP contribution in [0.3, 0.4) is 0 Å². The lowest BCUT2D eigenvalue weighted by Crippen LogP contribution is -2.56. The molecule has 4 aliphatic rings. The Balaban J connectivity index is 1.70. The minimum atomic E-state index is -0.985. The molecule has 9 unspecified atom stereocenters. The van der Waals surface area contributed by atoms with Crippen LogP contribution in [0.1, 0.15) is 101 Å². The summed E-state index contributed by atoms with van der Waals surface area (Å²) in [5.74, 6) is -1.32. The average molecular weight is 571 g/mol. The molecule has 0 radical (unpaired) electrons. The molecule has 2 saturated carbocycles. The van der Waals surface area contributed by atoms with Gasteiger partial charge in [0.2, 0.25) is 0 Å². The van der Waals surface area contributed by atoms with Crippen molar-refractivity contribution in [3.05, 3.63) is 34.9 Å². The van der Waals surface area contributed by atoms with E-state index < -0.39 is 23.6 Å². The van der Waals surface area contributed by atoms with E-state index in [2.05, 4.69) is 53.7 Å². The highest BCUT2D eigenvalue weighted by Crippen LogP contribution is 2.72. The van der Waals surface area contributed by atoms with E-state index >= 15 is 0 Å². The molecule has 0 saturated heterocycles. The number of allylic oxidation sites excluding steroid dienone is 3. The molecular weight excluding hydrogens is 520 g/mol. The fraction of sp³-hybridized carbons (Fsp3) is 0.735. The van der Waals surface area contributed by atoms with Crippen molar-refractivity contribution in [2.45, 2.75) is 119 Å². The zero-order chi connectivity index (χ0) is 30.7. The number of aliphatic hydroxyl groups is 1. The van der Waals surface area contributed by atoms with Gasteiger partial charge in [-0.05, 0) is 78.8 Å². The van der Waals surface area contributed by atoms with Crippen molar-refractivity contribution in [2.24, 2.45) is 39.4 Å². The van der Waals surface area contributed by atoms with Gasteiger partial charge in [-0.25, -0.2) is 4.79 Å². The number of aliphatic hydroxyl groups excluding tert-OH is 1. The summed E-state index contributed by atoms with van der Waals surface area (Å²) in [4.78, 5) is 35.4. The predicted octanol–water partition coefficient (Wildman–Crippen LogP) is 6.40. The normalized spacial score (nSPS) is 39.2. The van der Waals surface area contributed by atoms with Crippen molar-refractivity contribution in [3.8, 4) is 0 Å². The van der Waals surface area contributed by atoms with Crippen LogP contribution >= 0.6 is 0 Å². The monoisotopic (exact) mass is 570 g/mol. The van der Waals surface area contributed by atoms with Crippen LogP contribution in [0.25, 0.3) is 0 Å². The maximum atomic E-state index is 12.1. The lowest BCUT2D eigenvalue weighted by atomic mass is 9.44. The third kappa shape index (κ3) is 4.90. The Labute approximate surface area is 245 Å². The maximum absolute atomic E-state index is 12.1. The molecule has 0 heterocycles. The summed E-state index contributed by atoms with van der Waals surface area (Å²) in [6, 6.07) is 0. The first-order valence-electron chi connectivity index (χ1n) is 15.3. The van der Waals surface area contributed by atoms with Gasteiger partial charge in [0.15, 0.2) is 0 Å². The molecule has 0 spiro atoms. The first-order valence-corrected chi connectivity index (χ1v) is 15.3. The largest absolute Gasteiger partial charge is 0.478 e. The highest BCUT2D eigenvalue weighted by molar-refractivity contribution is 5.85. The fourth-order valence-corrected chi connectivity index (χ4v) is 9.49. The molecule has 41 heavy (non-hydrogen) atoms. The predicted molar refractivity (Wildman–Crippen MR) is 157 cm³/mol. The number of ether oxygens (including phenoxy) is 2. The van der Waals surface area contributed by atoms with Crippen molar-refractivity contribution in [2.75, 3.05) is 0 Å². The van der Waals surface area contributed by atoms with Crippen molar-refractivity contribution < 1.29 is 34.1 Å². The second-order valence-electron chi connectivity index (χ2n) is 14.5. The van der Waals surface area contributed by atoms with Gasteiger partial charge in [0.25, 0.3) is 0 Å². The van der Waals surface area contributed by atoms with Crippen molar-refractivity contribution in [1.29, 1.82) is 0 Å². The molecule has 0 aromatic heterocycles. The van der Waals surface area contributed by atoms with Gasteiger partial charge in [0, 0.05) is 36.7 Å². The quantitative estimate of drug-likeness (QED) is 0.269. The van der Waals surface area contributed by atoms with Gasteiger partial charge in [0.1, 0.15) is 12.2 Å². The maximum Gasteiger partial charge on any atom is 0.330 e. The lowest BCUT2D eigenvalue weighted by molar-refractivity contribution is -0.165. The van der Waals surface area contributed by atoms with Gasteiger partial charge >= 0.3 is 17.9 Å². The van der Waals surface area contributed by atoms with E-state index in [1.54, 1.807) is 13.0 Å². The molecule has 0 bridgehead atoms. The zero-order valence-electron chi connectivity index (χ0n) is 26.4. The average Bonchev–Trinajstić information content (AvgIpc) is 3.08. The fourth-order valence-electron chi connectivity index (χ4n) is 9.49. The Hall–Kier alpha value is -2.41. The smallest absolute Gasteiger partial charge is 0.330 e. The molecule has 0 aliphatic heterocycles. The standard InChI is InChI=1S/C34H50O7/c1-19(30(38)39)10-12-26(40-21(3)35)20(2)25-18-28(37)34(9)24-11-13-27-31(5,6)29(41-22(4)36)15-16-32(27,7)23(24)14-17-33(25,34)8/h10-11,14,20,25-29,37H,12-13,15-18H2,1-9H3,(H,38,39)/b19-10+. The summed E-state index contributed by atoms with van der Waals surface area (Å²) in [7, 11) is 0.